The Morgan fingerprint density at radius 3 is 1.79 bits per heavy atom. The van der Waals surface area contributed by atoms with Gasteiger partial charge in [0.1, 0.15) is 24.2 Å². The molecular weight excluding hydrogens is 1140 g/mol. The fourth-order valence-electron chi connectivity index (χ4n) is 6.94. The van der Waals surface area contributed by atoms with Gasteiger partial charge in [-0.3, -0.25) is 43.1 Å². The average molecular weight is 1200 g/mol. The molecule has 5 amide bonds. The highest BCUT2D eigenvalue weighted by Crippen LogP contribution is 2.60. The Morgan fingerprint density at radius 1 is 0.675 bits per heavy atom. The van der Waals surface area contributed by atoms with Crippen molar-refractivity contribution in [1.29, 1.82) is 0 Å². The van der Waals surface area contributed by atoms with Gasteiger partial charge in [0, 0.05) is 86.7 Å². The van der Waals surface area contributed by atoms with Gasteiger partial charge in [0.2, 0.25) is 39.6 Å². The van der Waals surface area contributed by atoms with Crippen molar-refractivity contribution >= 4 is 56.9 Å². The molecular formula is C46H66F13N8O12S. The Bertz CT molecular complexity index is 2410. The largest absolute Gasteiger partial charge is 0.460 e. The molecule has 0 saturated carbocycles. The number of H-pyrrole nitrogens is 1. The number of aromatic nitrogens is 2. The quantitative estimate of drug-likeness (QED) is 0.0385. The highest BCUT2D eigenvalue weighted by molar-refractivity contribution is 7.90. The van der Waals surface area contributed by atoms with E-state index in [4.69, 9.17) is 20.9 Å². The van der Waals surface area contributed by atoms with E-state index in [0.717, 1.165) is 4.72 Å². The molecule has 0 fully saturated rings. The highest BCUT2D eigenvalue weighted by Gasteiger charge is 2.90. The number of hydrogen-bond donors (Lipinski definition) is 6. The van der Waals surface area contributed by atoms with Crippen molar-refractivity contribution in [2.24, 2.45) is 22.5 Å². The van der Waals surface area contributed by atoms with Crippen LogP contribution in [-0.4, -0.2) is 158 Å². The molecule has 0 unspecified atom stereocenters. The minimum atomic E-state index is -8.14. The minimum Gasteiger partial charge on any atom is -0.377 e. The number of nitrogens with two attached hydrogens (primary N) is 1. The van der Waals surface area contributed by atoms with E-state index in [2.05, 4.69) is 25.9 Å². The summed E-state index contributed by atoms with van der Waals surface area (Å²) in [5.41, 5.74) is 10.4. The van der Waals surface area contributed by atoms with Gasteiger partial charge in [-0.2, -0.15) is 57.1 Å². The molecule has 2 atom stereocenters. The molecule has 1 rings (SSSR count). The summed E-state index contributed by atoms with van der Waals surface area (Å²) in [7, 11) is -4.87. The zero-order valence-electron chi connectivity index (χ0n) is 44.3. The number of rotatable bonds is 39. The molecule has 0 aliphatic heterocycles. The molecule has 1 aromatic rings. The number of primary amides is 1. The molecule has 20 nitrogen and oxygen atoms in total. The number of aromatic amines is 1. The second kappa shape index (κ2) is 29.0. The maximum absolute atomic E-state index is 13.9. The number of ketones is 3. The van der Waals surface area contributed by atoms with Crippen molar-refractivity contribution < 1.29 is 113 Å². The minimum absolute atomic E-state index is 0.0320. The van der Waals surface area contributed by atoms with Crippen molar-refractivity contribution in [2.75, 3.05) is 45.3 Å². The predicted molar refractivity (Wildman–Crippen MR) is 253 cm³/mol. The Balaban J connectivity index is 2.38. The molecule has 0 aliphatic rings. The fraction of sp³-hybridized carbons (Fsp3) is 0.761. The first-order valence-electron chi connectivity index (χ1n) is 24.3. The van der Waals surface area contributed by atoms with Crippen LogP contribution < -0.4 is 32.1 Å². The second-order valence-electron chi connectivity index (χ2n) is 20.5. The number of Topliss-reactive ketones (excluding diaryl/α,β-unsaturated/α-hetero) is 3. The number of ether oxygens (including phenoxy) is 2. The first kappa shape index (κ1) is 72.5. The zero-order chi connectivity index (χ0) is 62.1. The van der Waals surface area contributed by atoms with Crippen LogP contribution in [0.4, 0.5) is 57.1 Å². The highest BCUT2D eigenvalue weighted by atomic mass is 32.2. The van der Waals surface area contributed by atoms with Gasteiger partial charge in [-0.25, -0.2) is 19.1 Å². The number of carbonyl (C=O) groups is 8. The Hall–Kier alpha value is -5.51. The van der Waals surface area contributed by atoms with Gasteiger partial charge >= 0.3 is 35.8 Å². The van der Waals surface area contributed by atoms with Crippen LogP contribution in [-0.2, 0) is 64.3 Å². The van der Waals surface area contributed by atoms with Gasteiger partial charge in [0.15, 0.2) is 5.78 Å². The summed E-state index contributed by atoms with van der Waals surface area (Å²) in [6.07, 6.45) is -10.9. The van der Waals surface area contributed by atoms with Gasteiger partial charge in [-0.1, -0.05) is 34.1 Å². The van der Waals surface area contributed by atoms with E-state index in [1.54, 1.807) is 13.8 Å². The van der Waals surface area contributed by atoms with Crippen LogP contribution in [0.25, 0.3) is 0 Å². The summed E-state index contributed by atoms with van der Waals surface area (Å²) in [6.45, 7) is 8.38. The number of unbranched alkanes of at least 4 members (excludes halogenated alkanes) is 1. The SMILES string of the molecule is CC(C)(CC(=O)C(C)(C)CC(=O)C(C)(C)NC(=O)[C@@H]([NH])Cc1cnc[nH]1)C(=O)C[C@@H](CCCCNC(=O)COCCOCCNC(=O)CCCS(=O)(=O)NC(=O)CCC(F)(F)C(F)(F)C(F)(F)C(F)(F)C(F)(F)C(F)(F)F)C(N)=O. The molecule has 0 aliphatic carbocycles. The zero-order valence-corrected chi connectivity index (χ0v) is 45.1. The van der Waals surface area contributed by atoms with Crippen LogP contribution in [0.2, 0.25) is 0 Å². The topological polar surface area (TPSA) is 316 Å². The summed E-state index contributed by atoms with van der Waals surface area (Å²) >= 11 is 0. The van der Waals surface area contributed by atoms with Crippen LogP contribution in [0.3, 0.4) is 0 Å². The smallest absolute Gasteiger partial charge is 0.377 e. The third kappa shape index (κ3) is 21.1. The summed E-state index contributed by atoms with van der Waals surface area (Å²) in [5.74, 6) is -46.6. The first-order chi connectivity index (χ1) is 36.2. The summed E-state index contributed by atoms with van der Waals surface area (Å²) < 4.78 is 208. The monoisotopic (exact) mass is 1200 g/mol. The van der Waals surface area contributed by atoms with E-state index in [9.17, 15) is 104 Å². The first-order valence-corrected chi connectivity index (χ1v) is 25.9. The van der Waals surface area contributed by atoms with E-state index >= 15 is 0 Å². The number of sulfonamides is 1. The molecule has 1 heterocycles. The van der Waals surface area contributed by atoms with Crippen LogP contribution >= 0.6 is 0 Å². The maximum Gasteiger partial charge on any atom is 0.460 e. The number of nitrogens with zero attached hydrogens (tertiary/aromatic N) is 1. The Kier molecular flexibility index (Phi) is 26.2. The third-order valence-corrected chi connectivity index (χ3v) is 13.6. The van der Waals surface area contributed by atoms with Crippen molar-refractivity contribution in [3.8, 4) is 0 Å². The van der Waals surface area contributed by atoms with Crippen LogP contribution in [0.15, 0.2) is 12.5 Å². The van der Waals surface area contributed by atoms with Crippen LogP contribution in [0, 0.1) is 16.7 Å². The van der Waals surface area contributed by atoms with Crippen molar-refractivity contribution in [3.05, 3.63) is 18.2 Å². The molecule has 80 heavy (non-hydrogen) atoms. The molecule has 0 saturated heterocycles. The number of amides is 5. The second-order valence-corrected chi connectivity index (χ2v) is 22.3. The predicted octanol–water partition coefficient (Wildman–Crippen LogP) is 4.71. The third-order valence-electron chi connectivity index (χ3n) is 12.2. The standard InChI is InChI=1S/C46H66F13N8O12S/c1-38(2,22-31(69)39(3,4)23-32(70)40(5,6)66-37(75)29(60)21-28-24-62-26-65-28)30(68)20-27(36(61)74)10-7-8-14-63-35(73)25-79-18-17-78-16-15-64-33(71)11-9-19-80(76,77)67-34(72)12-13-41(47,48)42(49,50)43(51,52)44(53,54)45(55,56)46(57,58)59/h24,26-27,29,60H,7-23,25H2,1-6H3,(H2,61,74)(H,62,65)(H,63,73)(H,64,71)(H,66,75)(H,67,72)/t27-,29+/m1/s1. The number of alkyl halides is 13. The van der Waals surface area contributed by atoms with Gasteiger partial charge < -0.3 is 36.1 Å². The number of imidazole rings is 1. The molecule has 459 valence electrons. The van der Waals surface area contributed by atoms with Gasteiger partial charge in [0.25, 0.3) is 0 Å². The summed E-state index contributed by atoms with van der Waals surface area (Å²) in [4.78, 5) is 108. The average Bonchev–Trinajstić information content (AvgIpc) is 3.82. The van der Waals surface area contributed by atoms with E-state index in [-0.39, 0.29) is 65.0 Å². The maximum atomic E-state index is 13.9. The van der Waals surface area contributed by atoms with E-state index in [1.165, 1.54) is 40.2 Å². The lowest BCUT2D eigenvalue weighted by Gasteiger charge is -2.39. The van der Waals surface area contributed by atoms with E-state index < -0.39 is 159 Å². The Labute approximate surface area is 451 Å². The molecule has 0 spiro atoms. The number of carbonyl (C=O) groups excluding carboxylic acids is 8. The van der Waals surface area contributed by atoms with E-state index in [0.29, 0.717) is 18.5 Å². The van der Waals surface area contributed by atoms with Crippen LogP contribution in [0.5, 0.6) is 0 Å². The van der Waals surface area contributed by atoms with Crippen molar-refractivity contribution in [2.45, 2.75) is 160 Å². The van der Waals surface area contributed by atoms with Gasteiger partial charge in [-0.15, -0.1) is 0 Å². The molecule has 8 N–H and O–H groups in total. The lowest BCUT2D eigenvalue weighted by atomic mass is 9.71. The Morgan fingerprint density at radius 2 is 1.23 bits per heavy atom. The molecule has 0 bridgehead atoms. The number of nitrogens with one attached hydrogen (secondary N) is 6. The van der Waals surface area contributed by atoms with Gasteiger partial charge in [-0.05, 0) is 33.1 Å². The summed E-state index contributed by atoms with van der Waals surface area (Å²) in [5, 5.41) is 7.46. The molecule has 1 aromatic heterocycles. The number of halogens is 13. The van der Waals surface area contributed by atoms with Gasteiger partial charge in [0.05, 0.1) is 37.4 Å². The van der Waals surface area contributed by atoms with Crippen molar-refractivity contribution in [3.63, 3.8) is 0 Å². The lowest BCUT2D eigenvalue weighted by molar-refractivity contribution is -0.440. The lowest BCUT2D eigenvalue weighted by Crippen LogP contribution is -2.70. The molecule has 1 radical (unpaired) electrons. The fourth-order valence-corrected chi connectivity index (χ4v) is 8.01. The summed E-state index contributed by atoms with van der Waals surface area (Å²) in [6, 6.07) is -1.23. The molecule has 0 aromatic carbocycles. The normalized spacial score (nSPS) is 14.2. The van der Waals surface area contributed by atoms with Crippen LogP contribution in [0.1, 0.15) is 111 Å². The van der Waals surface area contributed by atoms with E-state index in [1.807, 2.05) is 0 Å². The van der Waals surface area contributed by atoms with Crippen molar-refractivity contribution in [1.82, 2.24) is 36.4 Å². The molecule has 34 heteroatoms. The number of hydrogen-bond acceptors (Lipinski definition) is 13.